The van der Waals surface area contributed by atoms with Crippen molar-refractivity contribution in [3.05, 3.63) is 12.2 Å². The monoisotopic (exact) mass is 308 g/mol. The van der Waals surface area contributed by atoms with Crippen LogP contribution < -0.4 is 0 Å². The normalized spacial score (nSPS) is 40.3. The Hall–Kier alpha value is -0.440. The molecule has 0 spiro atoms. The molecule has 21 heavy (non-hydrogen) atoms. The first-order chi connectivity index (χ1) is 9.96. The Balaban J connectivity index is 1.64. The third-order valence-electron chi connectivity index (χ3n) is 6.16. The fraction of sp³-hybridized carbons (Fsp3) is 0.833. The second kappa shape index (κ2) is 5.64. The fourth-order valence-corrected chi connectivity index (χ4v) is 6.43. The molecule has 0 aromatic heterocycles. The maximum atomic E-state index is 11.6. The van der Waals surface area contributed by atoms with Crippen molar-refractivity contribution < 1.29 is 9.53 Å². The van der Waals surface area contributed by atoms with Gasteiger partial charge in [0.05, 0.1) is 6.61 Å². The zero-order valence-electron chi connectivity index (χ0n) is 13.2. The van der Waals surface area contributed by atoms with Crippen LogP contribution in [0.1, 0.15) is 58.3 Å². The number of carbonyl (C=O) groups excluding carboxylic acids is 1. The summed E-state index contributed by atoms with van der Waals surface area (Å²) >= 11 is 4.51. The van der Waals surface area contributed by atoms with Crippen molar-refractivity contribution in [3.63, 3.8) is 0 Å². The van der Waals surface area contributed by atoms with Crippen LogP contribution in [0.25, 0.3) is 0 Å². The first kappa shape index (κ1) is 15.5. The molecule has 0 aliphatic heterocycles. The Bertz CT molecular complexity index is 428. The van der Waals surface area contributed by atoms with Gasteiger partial charge < -0.3 is 4.74 Å². The molecule has 2 nitrogen and oxygen atoms in total. The Morgan fingerprint density at radius 3 is 2.29 bits per heavy atom. The highest BCUT2D eigenvalue weighted by molar-refractivity contribution is 7.80. The molecule has 4 saturated carbocycles. The molecule has 0 heterocycles. The van der Waals surface area contributed by atoms with E-state index < -0.39 is 0 Å². The second-order valence-corrected chi connectivity index (χ2v) is 8.55. The third kappa shape index (κ3) is 3.04. The van der Waals surface area contributed by atoms with Gasteiger partial charge in [0.1, 0.15) is 0 Å². The molecule has 3 heteroatoms. The van der Waals surface area contributed by atoms with Crippen LogP contribution >= 0.6 is 12.6 Å². The molecule has 4 rings (SSSR count). The minimum atomic E-state index is -0.232. The van der Waals surface area contributed by atoms with Crippen LogP contribution in [-0.2, 0) is 9.53 Å². The van der Waals surface area contributed by atoms with Gasteiger partial charge >= 0.3 is 5.97 Å². The first-order valence-electron chi connectivity index (χ1n) is 8.39. The summed E-state index contributed by atoms with van der Waals surface area (Å²) in [5.74, 6) is 2.62. The molecule has 0 aromatic carbocycles. The lowest BCUT2D eigenvalue weighted by Gasteiger charge is -2.62. The van der Waals surface area contributed by atoms with E-state index in [1.165, 1.54) is 44.9 Å². The average molecular weight is 308 g/mol. The molecule has 4 aliphatic rings. The number of thiol groups is 1. The average Bonchev–Trinajstić information content (AvgIpc) is 2.36. The van der Waals surface area contributed by atoms with Crippen molar-refractivity contribution in [2.24, 2.45) is 22.7 Å². The number of carbonyl (C=O) groups is 1. The molecule has 2 unspecified atom stereocenters. The highest BCUT2D eigenvalue weighted by atomic mass is 32.1. The van der Waals surface area contributed by atoms with E-state index >= 15 is 0 Å². The van der Waals surface area contributed by atoms with E-state index in [9.17, 15) is 4.79 Å². The standard InChI is InChI=1S/C18H28O2S/c1-13(2)16(19)20-5-3-17-8-14-7-15(9-17)11-18(10-14,12-17)4-6-21/h14-15,21H,1,3-12H2,2H3. The predicted octanol–water partition coefficient (Wildman–Crippen LogP) is 4.40. The molecule has 0 aromatic rings. The molecular formula is C18H28O2S. The SMILES string of the molecule is C=C(C)C(=O)OCCC12CC3CC(CC(CCS)(C3)C1)C2. The van der Waals surface area contributed by atoms with Crippen LogP contribution in [0.3, 0.4) is 0 Å². The summed E-state index contributed by atoms with van der Waals surface area (Å²) < 4.78 is 5.38. The van der Waals surface area contributed by atoms with Crippen LogP contribution in [0, 0.1) is 22.7 Å². The minimum absolute atomic E-state index is 0.232. The van der Waals surface area contributed by atoms with Crippen LogP contribution in [0.2, 0.25) is 0 Å². The highest BCUT2D eigenvalue weighted by Gasteiger charge is 2.56. The molecule has 118 valence electrons. The molecule has 2 atom stereocenters. The zero-order valence-corrected chi connectivity index (χ0v) is 14.1. The van der Waals surface area contributed by atoms with Gasteiger partial charge in [-0.3, -0.25) is 0 Å². The largest absolute Gasteiger partial charge is 0.462 e. The first-order valence-corrected chi connectivity index (χ1v) is 9.03. The number of ether oxygens (including phenoxy) is 1. The van der Waals surface area contributed by atoms with Crippen molar-refractivity contribution in [2.45, 2.75) is 58.3 Å². The molecule has 0 N–H and O–H groups in total. The molecular weight excluding hydrogens is 280 g/mol. The van der Waals surface area contributed by atoms with E-state index in [4.69, 9.17) is 4.74 Å². The quantitative estimate of drug-likeness (QED) is 0.447. The highest BCUT2D eigenvalue weighted by Crippen LogP contribution is 2.67. The maximum Gasteiger partial charge on any atom is 0.333 e. The second-order valence-electron chi connectivity index (χ2n) is 8.10. The van der Waals surface area contributed by atoms with Gasteiger partial charge in [-0.05, 0) is 86.7 Å². The fourth-order valence-electron chi connectivity index (χ4n) is 5.96. The van der Waals surface area contributed by atoms with Gasteiger partial charge in [0, 0.05) is 5.57 Å². The van der Waals surface area contributed by atoms with Gasteiger partial charge in [-0.1, -0.05) is 6.58 Å². The van der Waals surface area contributed by atoms with E-state index in [-0.39, 0.29) is 5.97 Å². The van der Waals surface area contributed by atoms with Crippen molar-refractivity contribution in [3.8, 4) is 0 Å². The summed E-state index contributed by atoms with van der Waals surface area (Å²) in [6.07, 6.45) is 10.7. The minimum Gasteiger partial charge on any atom is -0.462 e. The van der Waals surface area contributed by atoms with Crippen molar-refractivity contribution in [1.82, 2.24) is 0 Å². The lowest BCUT2D eigenvalue weighted by atomic mass is 9.43. The molecule has 4 fully saturated rings. The summed E-state index contributed by atoms with van der Waals surface area (Å²) in [4.78, 5) is 11.6. The van der Waals surface area contributed by atoms with Gasteiger partial charge in [-0.25, -0.2) is 4.79 Å². The summed E-state index contributed by atoms with van der Waals surface area (Å²) in [6.45, 7) is 5.94. The Labute approximate surface area is 134 Å². The lowest BCUT2D eigenvalue weighted by Crippen LogP contribution is -2.52. The van der Waals surface area contributed by atoms with Crippen LogP contribution in [-0.4, -0.2) is 18.3 Å². The number of hydrogen-bond donors (Lipinski definition) is 1. The Kier molecular flexibility index (Phi) is 4.15. The van der Waals surface area contributed by atoms with E-state index in [0.717, 1.165) is 24.0 Å². The summed E-state index contributed by atoms with van der Waals surface area (Å²) in [5.41, 5.74) is 1.51. The topological polar surface area (TPSA) is 26.3 Å². The predicted molar refractivity (Wildman–Crippen MR) is 88.4 cm³/mol. The van der Waals surface area contributed by atoms with Crippen LogP contribution in [0.15, 0.2) is 12.2 Å². The molecule has 0 amide bonds. The van der Waals surface area contributed by atoms with Gasteiger partial charge in [0.2, 0.25) is 0 Å². The van der Waals surface area contributed by atoms with E-state index in [0.29, 0.717) is 23.0 Å². The van der Waals surface area contributed by atoms with Crippen molar-refractivity contribution >= 4 is 18.6 Å². The summed E-state index contributed by atoms with van der Waals surface area (Å²) in [7, 11) is 0. The zero-order chi connectivity index (χ0) is 15.1. The van der Waals surface area contributed by atoms with Gasteiger partial charge in [0.15, 0.2) is 0 Å². The van der Waals surface area contributed by atoms with Crippen LogP contribution in [0.4, 0.5) is 0 Å². The Morgan fingerprint density at radius 2 is 1.76 bits per heavy atom. The van der Waals surface area contributed by atoms with E-state index in [2.05, 4.69) is 19.2 Å². The van der Waals surface area contributed by atoms with Crippen molar-refractivity contribution in [1.29, 1.82) is 0 Å². The van der Waals surface area contributed by atoms with Crippen LogP contribution in [0.5, 0.6) is 0 Å². The van der Waals surface area contributed by atoms with Crippen molar-refractivity contribution in [2.75, 3.05) is 12.4 Å². The van der Waals surface area contributed by atoms with E-state index in [1.54, 1.807) is 6.92 Å². The molecule has 4 aliphatic carbocycles. The van der Waals surface area contributed by atoms with Gasteiger partial charge in [-0.2, -0.15) is 12.6 Å². The molecule has 0 saturated heterocycles. The Morgan fingerprint density at radius 1 is 1.19 bits per heavy atom. The summed E-state index contributed by atoms with van der Waals surface area (Å²) in [6, 6.07) is 0. The number of rotatable bonds is 6. The van der Waals surface area contributed by atoms with E-state index in [1.807, 2.05) is 0 Å². The van der Waals surface area contributed by atoms with Gasteiger partial charge in [0.25, 0.3) is 0 Å². The smallest absolute Gasteiger partial charge is 0.333 e. The maximum absolute atomic E-state index is 11.6. The number of esters is 1. The summed E-state index contributed by atoms with van der Waals surface area (Å²) in [5, 5.41) is 0. The lowest BCUT2D eigenvalue weighted by molar-refractivity contribution is -0.145. The molecule has 0 radical (unpaired) electrons. The van der Waals surface area contributed by atoms with Gasteiger partial charge in [-0.15, -0.1) is 0 Å². The number of hydrogen-bond acceptors (Lipinski definition) is 3. The third-order valence-corrected chi connectivity index (χ3v) is 6.38. The molecule has 4 bridgehead atoms.